The highest BCUT2D eigenvalue weighted by Crippen LogP contribution is 2.32. The molecule has 112 valence electrons. The molecule has 1 heterocycles. The van der Waals surface area contributed by atoms with Crippen molar-refractivity contribution < 1.29 is 14.7 Å². The van der Waals surface area contributed by atoms with Crippen molar-refractivity contribution in [1.82, 2.24) is 0 Å². The first-order valence-corrected chi connectivity index (χ1v) is 7.76. The van der Waals surface area contributed by atoms with Crippen molar-refractivity contribution in [3.05, 3.63) is 58.6 Å². The lowest BCUT2D eigenvalue weighted by Gasteiger charge is -2.17. The zero-order chi connectivity index (χ0) is 15.8. The van der Waals surface area contributed by atoms with E-state index in [0.29, 0.717) is 17.7 Å². The first-order valence-electron chi connectivity index (χ1n) is 6.77. The number of carboxylic acid groups (broad SMARTS) is 1. The van der Waals surface area contributed by atoms with Crippen molar-refractivity contribution in [2.24, 2.45) is 0 Å². The van der Waals surface area contributed by atoms with Crippen molar-refractivity contribution in [2.75, 3.05) is 5.75 Å². The summed E-state index contributed by atoms with van der Waals surface area (Å²) in [6.07, 6.45) is 9.34. The number of carboxylic acids is 1. The van der Waals surface area contributed by atoms with Crippen LogP contribution in [0.25, 0.3) is 0 Å². The number of hydrogen-bond acceptors (Lipinski definition) is 3. The van der Waals surface area contributed by atoms with Crippen molar-refractivity contribution in [3.8, 4) is 0 Å². The Morgan fingerprint density at radius 1 is 1.43 bits per heavy atom. The molecule has 0 saturated carbocycles. The number of rotatable bonds is 6. The predicted octanol–water partition coefficient (Wildman–Crippen LogP) is 4.06. The van der Waals surface area contributed by atoms with Crippen LogP contribution < -0.4 is 0 Å². The van der Waals surface area contributed by atoms with Gasteiger partial charge in [-0.2, -0.15) is 0 Å². The van der Waals surface area contributed by atoms with Crippen LogP contribution in [0.1, 0.15) is 26.7 Å². The van der Waals surface area contributed by atoms with Gasteiger partial charge >= 0.3 is 5.97 Å². The monoisotopic (exact) mass is 304 g/mol. The maximum Gasteiger partial charge on any atom is 0.307 e. The summed E-state index contributed by atoms with van der Waals surface area (Å²) >= 11 is 1.61. The van der Waals surface area contributed by atoms with Gasteiger partial charge in [0.05, 0.1) is 6.42 Å². The van der Waals surface area contributed by atoms with E-state index >= 15 is 0 Å². The van der Waals surface area contributed by atoms with E-state index in [9.17, 15) is 9.59 Å². The SMILES string of the molecule is C=C/C=C\C=C1/CSC(C)=C(/C=C(\CC)CC(=O)O)C1=O. The Bertz CT molecular complexity index is 563. The highest BCUT2D eigenvalue weighted by Gasteiger charge is 2.22. The lowest BCUT2D eigenvalue weighted by atomic mass is 9.98. The third-order valence-electron chi connectivity index (χ3n) is 3.09. The number of aliphatic carboxylic acids is 1. The van der Waals surface area contributed by atoms with Gasteiger partial charge in [-0.25, -0.2) is 0 Å². The van der Waals surface area contributed by atoms with Crippen LogP contribution in [-0.4, -0.2) is 22.6 Å². The van der Waals surface area contributed by atoms with Crippen LogP contribution >= 0.6 is 11.8 Å². The van der Waals surface area contributed by atoms with Crippen LogP contribution in [0.4, 0.5) is 0 Å². The van der Waals surface area contributed by atoms with E-state index in [0.717, 1.165) is 16.1 Å². The zero-order valence-electron chi connectivity index (χ0n) is 12.4. The van der Waals surface area contributed by atoms with Crippen LogP contribution in [0.2, 0.25) is 0 Å². The van der Waals surface area contributed by atoms with Crippen molar-refractivity contribution >= 4 is 23.5 Å². The van der Waals surface area contributed by atoms with Gasteiger partial charge in [0.25, 0.3) is 0 Å². The second kappa shape index (κ2) is 8.47. The molecule has 0 spiro atoms. The molecule has 0 aromatic rings. The van der Waals surface area contributed by atoms with Crippen LogP contribution in [-0.2, 0) is 9.59 Å². The topological polar surface area (TPSA) is 54.4 Å². The van der Waals surface area contributed by atoms with Crippen LogP contribution in [0.15, 0.2) is 58.6 Å². The van der Waals surface area contributed by atoms with Gasteiger partial charge in [0.1, 0.15) is 0 Å². The quantitative estimate of drug-likeness (QED) is 0.594. The normalized spacial score (nSPS) is 18.7. The molecule has 1 N–H and O–H groups in total. The Balaban J connectivity index is 3.08. The minimum atomic E-state index is -0.873. The zero-order valence-corrected chi connectivity index (χ0v) is 13.2. The number of hydrogen-bond donors (Lipinski definition) is 1. The highest BCUT2D eigenvalue weighted by molar-refractivity contribution is 8.03. The first-order chi connectivity index (χ1) is 9.99. The molecule has 0 saturated heterocycles. The molecule has 0 unspecified atom stereocenters. The summed E-state index contributed by atoms with van der Waals surface area (Å²) in [5, 5.41) is 8.89. The van der Waals surface area contributed by atoms with Crippen molar-refractivity contribution in [2.45, 2.75) is 26.7 Å². The highest BCUT2D eigenvalue weighted by atomic mass is 32.2. The molecule has 0 amide bonds. The third kappa shape index (κ3) is 5.23. The second-order valence-corrected chi connectivity index (χ2v) is 5.82. The summed E-state index contributed by atoms with van der Waals surface area (Å²) in [7, 11) is 0. The smallest absolute Gasteiger partial charge is 0.307 e. The van der Waals surface area contributed by atoms with Gasteiger partial charge in [0.15, 0.2) is 5.78 Å². The number of thioether (sulfide) groups is 1. The van der Waals surface area contributed by atoms with Crippen LogP contribution in [0.3, 0.4) is 0 Å². The van der Waals surface area contributed by atoms with Crippen LogP contribution in [0, 0.1) is 0 Å². The minimum Gasteiger partial charge on any atom is -0.481 e. The number of carbonyl (C=O) groups is 2. The molecule has 21 heavy (non-hydrogen) atoms. The summed E-state index contributed by atoms with van der Waals surface area (Å²) in [6.45, 7) is 7.39. The lowest BCUT2D eigenvalue weighted by Crippen LogP contribution is -2.13. The fourth-order valence-corrected chi connectivity index (χ4v) is 2.79. The molecular weight excluding hydrogens is 284 g/mol. The number of ketones is 1. The Morgan fingerprint density at radius 2 is 2.14 bits per heavy atom. The van der Waals surface area contributed by atoms with E-state index in [1.54, 1.807) is 42.1 Å². The Labute approximate surface area is 129 Å². The molecule has 0 atom stereocenters. The Morgan fingerprint density at radius 3 is 2.71 bits per heavy atom. The molecule has 0 aliphatic carbocycles. The molecule has 1 aliphatic heterocycles. The number of allylic oxidation sites excluding steroid dienone is 7. The average Bonchev–Trinajstić information content (AvgIpc) is 2.44. The maximum absolute atomic E-state index is 12.5. The fourth-order valence-electron chi connectivity index (χ4n) is 1.88. The molecule has 3 nitrogen and oxygen atoms in total. The first kappa shape index (κ1) is 17.2. The lowest BCUT2D eigenvalue weighted by molar-refractivity contribution is -0.136. The van der Waals surface area contributed by atoms with Crippen molar-refractivity contribution in [1.29, 1.82) is 0 Å². The predicted molar refractivity (Wildman–Crippen MR) is 88.2 cm³/mol. The summed E-state index contributed by atoms with van der Waals surface area (Å²) in [5.41, 5.74) is 2.09. The van der Waals surface area contributed by atoms with E-state index in [4.69, 9.17) is 5.11 Å². The van der Waals surface area contributed by atoms with E-state index in [1.807, 2.05) is 13.8 Å². The molecule has 0 aromatic carbocycles. The molecule has 1 rings (SSSR count). The second-order valence-electron chi connectivity index (χ2n) is 4.63. The largest absolute Gasteiger partial charge is 0.481 e. The number of carbonyl (C=O) groups excluding carboxylic acids is 1. The van der Waals surface area contributed by atoms with Crippen LogP contribution in [0.5, 0.6) is 0 Å². The van der Waals surface area contributed by atoms with Gasteiger partial charge < -0.3 is 5.11 Å². The third-order valence-corrected chi connectivity index (χ3v) is 4.19. The van der Waals surface area contributed by atoms with Gasteiger partial charge in [-0.1, -0.05) is 49.5 Å². The van der Waals surface area contributed by atoms with Gasteiger partial charge in [-0.05, 0) is 18.2 Å². The maximum atomic E-state index is 12.5. The average molecular weight is 304 g/mol. The van der Waals surface area contributed by atoms with Gasteiger partial charge in [0, 0.05) is 16.9 Å². The van der Waals surface area contributed by atoms with E-state index in [2.05, 4.69) is 6.58 Å². The molecule has 1 aliphatic rings. The summed E-state index contributed by atoms with van der Waals surface area (Å²) in [4.78, 5) is 24.3. The van der Waals surface area contributed by atoms with E-state index in [-0.39, 0.29) is 12.2 Å². The van der Waals surface area contributed by atoms with E-state index < -0.39 is 5.97 Å². The summed E-state index contributed by atoms with van der Waals surface area (Å²) < 4.78 is 0. The number of Topliss-reactive ketones (excluding diaryl/α,β-unsaturated/α-hetero) is 1. The Kier molecular flexibility index (Phi) is 6.96. The van der Waals surface area contributed by atoms with Gasteiger partial charge in [-0.3, -0.25) is 9.59 Å². The van der Waals surface area contributed by atoms with Gasteiger partial charge in [0.2, 0.25) is 0 Å². The minimum absolute atomic E-state index is 0.0173. The molecule has 0 aromatic heterocycles. The summed E-state index contributed by atoms with van der Waals surface area (Å²) in [5.74, 6) is -0.248. The van der Waals surface area contributed by atoms with Gasteiger partial charge in [-0.15, -0.1) is 11.8 Å². The molecule has 0 bridgehead atoms. The molecule has 4 heteroatoms. The Hall–Kier alpha value is -1.81. The molecular formula is C17H20O3S. The van der Waals surface area contributed by atoms with Crippen molar-refractivity contribution in [3.63, 3.8) is 0 Å². The molecule has 0 radical (unpaired) electrons. The summed E-state index contributed by atoms with van der Waals surface area (Å²) in [6, 6.07) is 0. The fraction of sp³-hybridized carbons (Fsp3) is 0.294. The standard InChI is InChI=1S/C17H20O3S/c1-4-6-7-8-14-11-21-12(3)15(17(14)20)9-13(5-2)10-16(18)19/h4,6-9H,1,5,10-11H2,2-3H3,(H,18,19)/b7-6-,13-9+,14-8+. The van der Waals surface area contributed by atoms with E-state index in [1.165, 1.54) is 0 Å². The molecule has 0 fully saturated rings.